The van der Waals surface area contributed by atoms with E-state index < -0.39 is 0 Å². The summed E-state index contributed by atoms with van der Waals surface area (Å²) in [5.74, 6) is 0.457. The lowest BCUT2D eigenvalue weighted by atomic mass is 9.70. The molecule has 72 valence electrons. The van der Waals surface area contributed by atoms with E-state index in [0.29, 0.717) is 24.0 Å². The highest BCUT2D eigenvalue weighted by Gasteiger charge is 2.33. The molecule has 1 rings (SSSR count). The van der Waals surface area contributed by atoms with Crippen molar-refractivity contribution in [1.82, 2.24) is 5.32 Å². The molecule has 0 bridgehead atoms. The zero-order valence-corrected chi connectivity index (χ0v) is 8.43. The van der Waals surface area contributed by atoms with E-state index in [2.05, 4.69) is 19.2 Å². The molecular weight excluding hydrogens is 150 g/mol. The second-order valence-electron chi connectivity index (χ2n) is 4.74. The van der Waals surface area contributed by atoms with Crippen LogP contribution in [0.4, 0.5) is 0 Å². The third-order valence-electron chi connectivity index (χ3n) is 3.12. The quantitative estimate of drug-likeness (QED) is 0.658. The molecular formula is C10H21NO. The summed E-state index contributed by atoms with van der Waals surface area (Å²) in [5.41, 5.74) is 0.431. The van der Waals surface area contributed by atoms with Gasteiger partial charge in [-0.2, -0.15) is 0 Å². The van der Waals surface area contributed by atoms with Crippen LogP contribution in [-0.2, 0) is 0 Å². The molecule has 0 aromatic rings. The highest BCUT2D eigenvalue weighted by molar-refractivity contribution is 4.87. The van der Waals surface area contributed by atoms with E-state index in [1.54, 1.807) is 0 Å². The van der Waals surface area contributed by atoms with Gasteiger partial charge in [0.1, 0.15) is 0 Å². The Morgan fingerprint density at radius 2 is 2.17 bits per heavy atom. The molecule has 2 N–H and O–H groups in total. The first-order valence-corrected chi connectivity index (χ1v) is 4.87. The van der Waals surface area contributed by atoms with Gasteiger partial charge in [-0.1, -0.05) is 13.8 Å². The maximum Gasteiger partial charge on any atom is 0.0474 e. The van der Waals surface area contributed by atoms with E-state index in [-0.39, 0.29) is 0 Å². The Kier molecular flexibility index (Phi) is 3.13. The average Bonchev–Trinajstić information content (AvgIpc) is 2.03. The molecule has 2 nitrogen and oxygen atoms in total. The van der Waals surface area contributed by atoms with Crippen molar-refractivity contribution < 1.29 is 5.11 Å². The maximum absolute atomic E-state index is 9.18. The van der Waals surface area contributed by atoms with Crippen LogP contribution in [-0.4, -0.2) is 24.8 Å². The predicted octanol–water partition coefficient (Wildman–Crippen LogP) is 1.39. The van der Waals surface area contributed by atoms with E-state index in [0.717, 1.165) is 6.42 Å². The van der Waals surface area contributed by atoms with Crippen LogP contribution in [0.5, 0.6) is 0 Å². The van der Waals surface area contributed by atoms with Crippen molar-refractivity contribution in [2.24, 2.45) is 11.3 Å². The second kappa shape index (κ2) is 3.75. The molecule has 12 heavy (non-hydrogen) atoms. The van der Waals surface area contributed by atoms with Gasteiger partial charge in [0.15, 0.2) is 0 Å². The molecule has 2 heteroatoms. The average molecular weight is 171 g/mol. The summed E-state index contributed by atoms with van der Waals surface area (Å²) in [5, 5.41) is 12.5. The fourth-order valence-corrected chi connectivity index (χ4v) is 2.31. The normalized spacial score (nSPS) is 35.0. The molecule has 0 aromatic heterocycles. The number of hydrogen-bond donors (Lipinski definition) is 2. The monoisotopic (exact) mass is 171 g/mol. The first-order valence-electron chi connectivity index (χ1n) is 4.87. The molecule has 0 radical (unpaired) electrons. The number of rotatable bonds is 2. The summed E-state index contributed by atoms with van der Waals surface area (Å²) in [4.78, 5) is 0. The highest BCUT2D eigenvalue weighted by Crippen LogP contribution is 2.38. The van der Waals surface area contributed by atoms with Crippen LogP contribution in [0.3, 0.4) is 0 Å². The lowest BCUT2D eigenvalue weighted by molar-refractivity contribution is 0.0898. The standard InChI is InChI=1S/C10H21NO/c1-10(2)5-4-9(11-3)8(6-10)7-12/h8-9,11-12H,4-7H2,1-3H3. The summed E-state index contributed by atoms with van der Waals surface area (Å²) in [6, 6.07) is 0.531. The molecule has 0 aromatic carbocycles. The molecule has 1 fully saturated rings. The van der Waals surface area contributed by atoms with Crippen LogP contribution < -0.4 is 5.32 Å². The molecule has 0 aliphatic heterocycles. The first-order chi connectivity index (χ1) is 5.59. The maximum atomic E-state index is 9.18. The van der Waals surface area contributed by atoms with Crippen molar-refractivity contribution in [1.29, 1.82) is 0 Å². The summed E-state index contributed by atoms with van der Waals surface area (Å²) in [6.07, 6.45) is 3.62. The van der Waals surface area contributed by atoms with Gasteiger partial charge in [0.05, 0.1) is 0 Å². The van der Waals surface area contributed by atoms with Crippen LogP contribution in [0.1, 0.15) is 33.1 Å². The van der Waals surface area contributed by atoms with Crippen LogP contribution in [0, 0.1) is 11.3 Å². The molecule has 0 amide bonds. The fraction of sp³-hybridized carbons (Fsp3) is 1.00. The highest BCUT2D eigenvalue weighted by atomic mass is 16.3. The Balaban J connectivity index is 2.53. The van der Waals surface area contributed by atoms with E-state index in [4.69, 9.17) is 0 Å². The van der Waals surface area contributed by atoms with Gasteiger partial charge in [-0.3, -0.25) is 0 Å². The minimum absolute atomic E-state index is 0.328. The lowest BCUT2D eigenvalue weighted by Crippen LogP contribution is -2.42. The third-order valence-corrected chi connectivity index (χ3v) is 3.12. The van der Waals surface area contributed by atoms with Crippen LogP contribution in [0.2, 0.25) is 0 Å². The topological polar surface area (TPSA) is 32.3 Å². The molecule has 2 unspecified atom stereocenters. The molecule has 0 saturated heterocycles. The summed E-state index contributed by atoms with van der Waals surface area (Å²) in [7, 11) is 1.99. The van der Waals surface area contributed by atoms with E-state index in [1.807, 2.05) is 7.05 Å². The molecule has 2 atom stereocenters. The minimum Gasteiger partial charge on any atom is -0.396 e. The summed E-state index contributed by atoms with van der Waals surface area (Å²) in [6.45, 7) is 4.91. The van der Waals surface area contributed by atoms with Crippen LogP contribution in [0.15, 0.2) is 0 Å². The van der Waals surface area contributed by atoms with Crippen molar-refractivity contribution in [3.05, 3.63) is 0 Å². The number of hydrogen-bond acceptors (Lipinski definition) is 2. The Bertz CT molecular complexity index is 145. The Morgan fingerprint density at radius 3 is 2.67 bits per heavy atom. The fourth-order valence-electron chi connectivity index (χ4n) is 2.31. The second-order valence-corrected chi connectivity index (χ2v) is 4.74. The zero-order chi connectivity index (χ0) is 9.19. The van der Waals surface area contributed by atoms with Crippen molar-refractivity contribution in [2.45, 2.75) is 39.2 Å². The number of aliphatic hydroxyl groups excluding tert-OH is 1. The predicted molar refractivity (Wildman–Crippen MR) is 51.1 cm³/mol. The molecule has 1 aliphatic rings. The van der Waals surface area contributed by atoms with Crippen molar-refractivity contribution >= 4 is 0 Å². The third kappa shape index (κ3) is 2.20. The van der Waals surface area contributed by atoms with Crippen LogP contribution >= 0.6 is 0 Å². The van der Waals surface area contributed by atoms with E-state index in [9.17, 15) is 5.11 Å². The van der Waals surface area contributed by atoms with E-state index >= 15 is 0 Å². The van der Waals surface area contributed by atoms with Gasteiger partial charge in [-0.05, 0) is 37.6 Å². The Hall–Kier alpha value is -0.0800. The lowest BCUT2D eigenvalue weighted by Gasteiger charge is -2.39. The van der Waals surface area contributed by atoms with Gasteiger partial charge >= 0.3 is 0 Å². The van der Waals surface area contributed by atoms with Gasteiger partial charge in [0.25, 0.3) is 0 Å². The smallest absolute Gasteiger partial charge is 0.0474 e. The zero-order valence-electron chi connectivity index (χ0n) is 8.43. The first kappa shape index (κ1) is 10.0. The van der Waals surface area contributed by atoms with Crippen molar-refractivity contribution in [2.75, 3.05) is 13.7 Å². The SMILES string of the molecule is CNC1CCC(C)(C)CC1CO. The van der Waals surface area contributed by atoms with Crippen molar-refractivity contribution in [3.8, 4) is 0 Å². The summed E-state index contributed by atoms with van der Waals surface area (Å²) >= 11 is 0. The molecule has 0 spiro atoms. The number of nitrogens with one attached hydrogen (secondary N) is 1. The van der Waals surface area contributed by atoms with Crippen LogP contribution in [0.25, 0.3) is 0 Å². The van der Waals surface area contributed by atoms with E-state index in [1.165, 1.54) is 12.8 Å². The Morgan fingerprint density at radius 1 is 1.50 bits per heavy atom. The van der Waals surface area contributed by atoms with Gasteiger partial charge in [-0.25, -0.2) is 0 Å². The summed E-state index contributed by atoms with van der Waals surface area (Å²) < 4.78 is 0. The van der Waals surface area contributed by atoms with Gasteiger partial charge in [0.2, 0.25) is 0 Å². The van der Waals surface area contributed by atoms with Crippen molar-refractivity contribution in [3.63, 3.8) is 0 Å². The molecule has 0 heterocycles. The van der Waals surface area contributed by atoms with Gasteiger partial charge in [0, 0.05) is 12.6 Å². The Labute approximate surface area is 75.4 Å². The number of aliphatic hydroxyl groups is 1. The minimum atomic E-state index is 0.328. The largest absolute Gasteiger partial charge is 0.396 e. The van der Waals surface area contributed by atoms with Gasteiger partial charge < -0.3 is 10.4 Å². The molecule has 1 saturated carbocycles. The molecule has 1 aliphatic carbocycles. The van der Waals surface area contributed by atoms with Gasteiger partial charge in [-0.15, -0.1) is 0 Å².